The fraction of sp³-hybridized carbons (Fsp3) is 0.600. The van der Waals surface area contributed by atoms with Gasteiger partial charge in [0, 0.05) is 11.1 Å². The minimum absolute atomic E-state index is 0.346. The van der Waals surface area contributed by atoms with Crippen LogP contribution < -0.4 is 5.32 Å². The zero-order valence-electron chi connectivity index (χ0n) is 14.3. The van der Waals surface area contributed by atoms with Gasteiger partial charge in [-0.25, -0.2) is 0 Å². The van der Waals surface area contributed by atoms with Crippen molar-refractivity contribution in [2.75, 3.05) is 0 Å². The molecule has 0 unspecified atom stereocenters. The summed E-state index contributed by atoms with van der Waals surface area (Å²) >= 11 is 0. The van der Waals surface area contributed by atoms with Gasteiger partial charge in [-0.2, -0.15) is 4.98 Å². The first-order valence-electron chi connectivity index (χ1n) is 9.32. The molecule has 0 radical (unpaired) electrons. The summed E-state index contributed by atoms with van der Waals surface area (Å²) < 4.78 is 5.48. The number of rotatable bonds is 4. The smallest absolute Gasteiger partial charge is 0.257 e. The van der Waals surface area contributed by atoms with Crippen molar-refractivity contribution in [1.82, 2.24) is 15.5 Å². The average Bonchev–Trinajstić information content (AvgIpc) is 3.01. The van der Waals surface area contributed by atoms with Gasteiger partial charge in [-0.1, -0.05) is 22.9 Å². The molecule has 1 aromatic carbocycles. The van der Waals surface area contributed by atoms with Crippen LogP contribution in [0, 0.1) is 24.7 Å². The Hall–Kier alpha value is -1.68. The van der Waals surface area contributed by atoms with E-state index in [0.717, 1.165) is 35.7 Å². The summed E-state index contributed by atoms with van der Waals surface area (Å²) in [6.45, 7) is 2.80. The zero-order valence-corrected chi connectivity index (χ0v) is 14.3. The second kappa shape index (κ2) is 5.41. The summed E-state index contributed by atoms with van der Waals surface area (Å²) in [6, 6.07) is 8.22. The minimum atomic E-state index is 0.346. The van der Waals surface area contributed by atoms with E-state index in [1.54, 1.807) is 0 Å². The van der Waals surface area contributed by atoms with E-state index >= 15 is 0 Å². The molecular formula is C20H25N3O. The van der Waals surface area contributed by atoms with Gasteiger partial charge in [0.15, 0.2) is 5.82 Å². The van der Waals surface area contributed by atoms with Crippen LogP contribution in [-0.2, 0) is 6.54 Å². The van der Waals surface area contributed by atoms with Crippen LogP contribution in [0.1, 0.15) is 49.9 Å². The highest BCUT2D eigenvalue weighted by molar-refractivity contribution is 5.53. The van der Waals surface area contributed by atoms with Crippen molar-refractivity contribution in [2.24, 2.45) is 17.8 Å². The van der Waals surface area contributed by atoms with Crippen LogP contribution >= 0.6 is 0 Å². The Bertz CT molecular complexity index is 716. The predicted octanol–water partition coefficient (Wildman–Crippen LogP) is 4.10. The molecule has 1 aromatic heterocycles. The van der Waals surface area contributed by atoms with Crippen LogP contribution in [0.25, 0.3) is 11.5 Å². The van der Waals surface area contributed by atoms with Crippen molar-refractivity contribution in [2.45, 2.75) is 57.5 Å². The maximum absolute atomic E-state index is 5.48. The van der Waals surface area contributed by atoms with Crippen LogP contribution in [0.5, 0.6) is 0 Å². The lowest BCUT2D eigenvalue weighted by molar-refractivity contribution is -0.0209. The summed E-state index contributed by atoms with van der Waals surface area (Å²) in [4.78, 5) is 4.60. The normalized spacial score (nSPS) is 34.0. The summed E-state index contributed by atoms with van der Waals surface area (Å²) in [7, 11) is 0. The van der Waals surface area contributed by atoms with E-state index < -0.39 is 0 Å². The third-order valence-corrected chi connectivity index (χ3v) is 6.39. The molecule has 6 rings (SSSR count). The van der Waals surface area contributed by atoms with Gasteiger partial charge in [-0.15, -0.1) is 0 Å². The third kappa shape index (κ3) is 2.57. The van der Waals surface area contributed by atoms with E-state index in [2.05, 4.69) is 34.5 Å². The first kappa shape index (κ1) is 14.6. The number of nitrogens with zero attached hydrogens (tertiary/aromatic N) is 2. The molecule has 4 aliphatic carbocycles. The first-order chi connectivity index (χ1) is 11.7. The Morgan fingerprint density at radius 2 is 1.83 bits per heavy atom. The van der Waals surface area contributed by atoms with E-state index in [1.807, 2.05) is 12.1 Å². The highest BCUT2D eigenvalue weighted by Crippen LogP contribution is 2.55. The van der Waals surface area contributed by atoms with Crippen molar-refractivity contribution < 1.29 is 4.52 Å². The maximum atomic E-state index is 5.48. The topological polar surface area (TPSA) is 51.0 Å². The summed E-state index contributed by atoms with van der Waals surface area (Å²) in [6.07, 6.45) is 8.46. The summed E-state index contributed by atoms with van der Waals surface area (Å²) in [5.74, 6) is 4.27. The maximum Gasteiger partial charge on any atom is 0.257 e. The fourth-order valence-corrected chi connectivity index (χ4v) is 5.81. The lowest BCUT2D eigenvalue weighted by atomic mass is 9.53. The number of hydrogen-bond donors (Lipinski definition) is 1. The average molecular weight is 323 g/mol. The molecule has 0 amide bonds. The quantitative estimate of drug-likeness (QED) is 0.920. The van der Waals surface area contributed by atoms with E-state index in [0.29, 0.717) is 11.4 Å². The van der Waals surface area contributed by atoms with Gasteiger partial charge in [0.2, 0.25) is 0 Å². The molecule has 0 saturated heterocycles. The monoisotopic (exact) mass is 323 g/mol. The molecule has 1 heterocycles. The highest BCUT2D eigenvalue weighted by atomic mass is 16.5. The number of nitrogens with one attached hydrogen (secondary N) is 1. The van der Waals surface area contributed by atoms with Crippen molar-refractivity contribution >= 4 is 0 Å². The number of hydrogen-bond acceptors (Lipinski definition) is 4. The molecule has 4 fully saturated rings. The standard InChI is InChI=1S/C20H25N3O/c1-13-3-2-4-17(5-13)19-22-18(23-24-19)12-21-20-9-14-6-15(10-20)8-16(7-14)11-20/h2-5,14-16,21H,6-12H2,1H3. The van der Waals surface area contributed by atoms with Crippen molar-refractivity contribution in [3.63, 3.8) is 0 Å². The highest BCUT2D eigenvalue weighted by Gasteiger charge is 2.50. The minimum Gasteiger partial charge on any atom is -0.334 e. The molecule has 1 N–H and O–H groups in total. The Balaban J connectivity index is 1.29. The molecule has 0 spiro atoms. The SMILES string of the molecule is Cc1cccc(-c2nc(CNC34CC5CC(CC(C5)C3)C4)no2)c1. The molecule has 0 atom stereocenters. The summed E-state index contributed by atoms with van der Waals surface area (Å²) in [5, 5.41) is 8.03. The van der Waals surface area contributed by atoms with Crippen LogP contribution in [0.2, 0.25) is 0 Å². The van der Waals surface area contributed by atoms with Crippen LogP contribution in [-0.4, -0.2) is 15.7 Å². The van der Waals surface area contributed by atoms with Crippen molar-refractivity contribution in [3.8, 4) is 11.5 Å². The van der Waals surface area contributed by atoms with Gasteiger partial charge in [-0.3, -0.25) is 0 Å². The van der Waals surface area contributed by atoms with Crippen LogP contribution in [0.15, 0.2) is 28.8 Å². The molecule has 4 nitrogen and oxygen atoms in total. The molecule has 4 bridgehead atoms. The molecular weight excluding hydrogens is 298 g/mol. The molecule has 4 aliphatic rings. The molecule has 2 aromatic rings. The first-order valence-corrected chi connectivity index (χ1v) is 9.32. The Morgan fingerprint density at radius 1 is 1.12 bits per heavy atom. The molecule has 24 heavy (non-hydrogen) atoms. The van der Waals surface area contributed by atoms with Gasteiger partial charge in [0.25, 0.3) is 5.89 Å². The Labute approximate surface area is 143 Å². The number of aryl methyl sites for hydroxylation is 1. The largest absolute Gasteiger partial charge is 0.334 e. The lowest BCUT2D eigenvalue weighted by Crippen LogP contribution is -2.58. The van der Waals surface area contributed by atoms with Crippen molar-refractivity contribution in [1.29, 1.82) is 0 Å². The fourth-order valence-electron chi connectivity index (χ4n) is 5.81. The van der Waals surface area contributed by atoms with Gasteiger partial charge < -0.3 is 9.84 Å². The van der Waals surface area contributed by atoms with Crippen LogP contribution in [0.3, 0.4) is 0 Å². The lowest BCUT2D eigenvalue weighted by Gasteiger charge is -2.57. The molecule has 4 heteroatoms. The summed E-state index contributed by atoms with van der Waals surface area (Å²) in [5.41, 5.74) is 2.56. The molecule has 0 aliphatic heterocycles. The van der Waals surface area contributed by atoms with E-state index in [9.17, 15) is 0 Å². The van der Waals surface area contributed by atoms with Crippen LogP contribution in [0.4, 0.5) is 0 Å². The zero-order chi connectivity index (χ0) is 16.1. The van der Waals surface area contributed by atoms with Gasteiger partial charge in [-0.05, 0) is 75.3 Å². The Morgan fingerprint density at radius 3 is 2.50 bits per heavy atom. The van der Waals surface area contributed by atoms with Gasteiger partial charge >= 0.3 is 0 Å². The molecule has 126 valence electrons. The van der Waals surface area contributed by atoms with Gasteiger partial charge in [0.1, 0.15) is 0 Å². The predicted molar refractivity (Wildman–Crippen MR) is 92.2 cm³/mol. The van der Waals surface area contributed by atoms with E-state index in [-0.39, 0.29) is 0 Å². The van der Waals surface area contributed by atoms with E-state index in [1.165, 1.54) is 44.1 Å². The second-order valence-electron chi connectivity index (χ2n) is 8.44. The third-order valence-electron chi connectivity index (χ3n) is 6.39. The number of benzene rings is 1. The van der Waals surface area contributed by atoms with Gasteiger partial charge in [0.05, 0.1) is 6.54 Å². The number of aromatic nitrogens is 2. The second-order valence-corrected chi connectivity index (χ2v) is 8.44. The molecule has 4 saturated carbocycles. The Kier molecular flexibility index (Phi) is 3.30. The van der Waals surface area contributed by atoms with E-state index in [4.69, 9.17) is 4.52 Å². The van der Waals surface area contributed by atoms with Crippen molar-refractivity contribution in [3.05, 3.63) is 35.7 Å².